The van der Waals surface area contributed by atoms with Gasteiger partial charge in [0, 0.05) is 22.2 Å². The highest BCUT2D eigenvalue weighted by Gasteiger charge is 2.48. The molecular weight excluding hydrogens is 498 g/mol. The molecule has 1 aliphatic heterocycles. The van der Waals surface area contributed by atoms with E-state index >= 15 is 0 Å². The van der Waals surface area contributed by atoms with Crippen molar-refractivity contribution in [2.45, 2.75) is 26.5 Å². The fourth-order valence-corrected chi connectivity index (χ4v) is 5.65. The smallest absolute Gasteiger partial charge is 0.300 e. The molecule has 4 aromatic rings. The average molecular weight is 526 g/mol. The number of amides is 1. The fourth-order valence-electron chi connectivity index (χ4n) is 4.62. The van der Waals surface area contributed by atoms with Crippen LogP contribution in [0.15, 0.2) is 89.8 Å². The molecule has 2 heterocycles. The first-order valence-electron chi connectivity index (χ1n) is 12.2. The molecule has 0 aliphatic carbocycles. The van der Waals surface area contributed by atoms with Crippen molar-refractivity contribution >= 4 is 34.5 Å². The number of hydrogen-bond donors (Lipinski definition) is 1. The van der Waals surface area contributed by atoms with E-state index < -0.39 is 17.7 Å². The number of thiophene rings is 1. The number of anilines is 1. The Morgan fingerprint density at radius 2 is 1.74 bits per heavy atom. The first kappa shape index (κ1) is 25.3. The quantitative estimate of drug-likeness (QED) is 0.168. The Hall–Kier alpha value is -4.36. The Balaban J connectivity index is 1.56. The molecule has 0 spiro atoms. The number of methoxy groups -OCH3 is 1. The lowest BCUT2D eigenvalue weighted by molar-refractivity contribution is -0.132. The third-order valence-corrected chi connectivity index (χ3v) is 7.68. The van der Waals surface area contributed by atoms with Gasteiger partial charge in [-0.3, -0.25) is 14.5 Å². The molecule has 0 bridgehead atoms. The normalized spacial score (nSPS) is 16.6. The zero-order chi connectivity index (χ0) is 26.8. The molecular formula is C31H27NO5S. The predicted octanol–water partition coefficient (Wildman–Crippen LogP) is 6.58. The SMILES string of the molecule is COc1cccc(N2C(=O)C(=O)/C(=C(\O)c3ccc(OCc4ccccc4)c(C)c3)C2c2sccc2C)c1. The molecule has 1 N–H and O–H groups in total. The van der Waals surface area contributed by atoms with Crippen molar-refractivity contribution in [3.8, 4) is 11.5 Å². The van der Waals surface area contributed by atoms with Crippen LogP contribution >= 0.6 is 11.3 Å². The van der Waals surface area contributed by atoms with Crippen LogP contribution in [-0.2, 0) is 16.2 Å². The molecule has 38 heavy (non-hydrogen) atoms. The summed E-state index contributed by atoms with van der Waals surface area (Å²) in [7, 11) is 1.55. The number of benzene rings is 3. The number of rotatable bonds is 7. The van der Waals surface area contributed by atoms with Crippen LogP contribution < -0.4 is 14.4 Å². The summed E-state index contributed by atoms with van der Waals surface area (Å²) in [4.78, 5) is 29.1. The van der Waals surface area contributed by atoms with Crippen molar-refractivity contribution in [3.63, 3.8) is 0 Å². The third kappa shape index (κ3) is 4.68. The maximum Gasteiger partial charge on any atom is 0.300 e. The summed E-state index contributed by atoms with van der Waals surface area (Å²) in [6.45, 7) is 4.23. The lowest BCUT2D eigenvalue weighted by Crippen LogP contribution is -2.29. The van der Waals surface area contributed by atoms with Crippen molar-refractivity contribution in [1.82, 2.24) is 0 Å². The van der Waals surface area contributed by atoms with Gasteiger partial charge in [0.25, 0.3) is 11.7 Å². The first-order valence-corrected chi connectivity index (χ1v) is 13.0. The second-order valence-corrected chi connectivity index (χ2v) is 10.0. The van der Waals surface area contributed by atoms with Crippen LogP contribution in [0, 0.1) is 13.8 Å². The number of Topliss-reactive ketones (excluding diaryl/α,β-unsaturated/α-hetero) is 1. The summed E-state index contributed by atoms with van der Waals surface area (Å²) < 4.78 is 11.3. The van der Waals surface area contributed by atoms with Crippen LogP contribution in [0.5, 0.6) is 11.5 Å². The molecule has 3 aromatic carbocycles. The number of aliphatic hydroxyl groups is 1. The second-order valence-electron chi connectivity index (χ2n) is 9.09. The predicted molar refractivity (Wildman–Crippen MR) is 149 cm³/mol. The van der Waals surface area contributed by atoms with E-state index in [2.05, 4.69) is 0 Å². The highest BCUT2D eigenvalue weighted by Crippen LogP contribution is 2.45. The van der Waals surface area contributed by atoms with Gasteiger partial charge in [-0.2, -0.15) is 0 Å². The largest absolute Gasteiger partial charge is 0.507 e. The number of ether oxygens (including phenoxy) is 2. The summed E-state index contributed by atoms with van der Waals surface area (Å²) in [5.41, 5.74) is 3.79. The Kier molecular flexibility index (Phi) is 7.03. The van der Waals surface area contributed by atoms with Gasteiger partial charge in [0.05, 0.1) is 12.7 Å². The van der Waals surface area contributed by atoms with Crippen molar-refractivity contribution in [3.05, 3.63) is 117 Å². The summed E-state index contributed by atoms with van der Waals surface area (Å²) in [6, 6.07) is 23.3. The minimum absolute atomic E-state index is 0.0562. The molecule has 6 nitrogen and oxygen atoms in total. The zero-order valence-corrected chi connectivity index (χ0v) is 22.1. The minimum atomic E-state index is -0.767. The average Bonchev–Trinajstić information content (AvgIpc) is 3.47. The zero-order valence-electron chi connectivity index (χ0n) is 21.3. The number of hydrogen-bond acceptors (Lipinski definition) is 6. The van der Waals surface area contributed by atoms with E-state index in [1.54, 1.807) is 49.6 Å². The van der Waals surface area contributed by atoms with Gasteiger partial charge in [0.1, 0.15) is 29.9 Å². The maximum atomic E-state index is 13.4. The lowest BCUT2D eigenvalue weighted by atomic mass is 9.97. The van der Waals surface area contributed by atoms with Crippen molar-refractivity contribution in [2.75, 3.05) is 12.0 Å². The van der Waals surface area contributed by atoms with Gasteiger partial charge in [0.15, 0.2) is 0 Å². The van der Waals surface area contributed by atoms with Crippen LogP contribution in [0.4, 0.5) is 5.69 Å². The molecule has 1 aromatic heterocycles. The Labute approximate surface area is 225 Å². The summed E-state index contributed by atoms with van der Waals surface area (Å²) in [6.07, 6.45) is 0. The van der Waals surface area contributed by atoms with Crippen molar-refractivity contribution in [2.24, 2.45) is 0 Å². The number of aryl methyl sites for hydroxylation is 2. The van der Waals surface area contributed by atoms with Crippen LogP contribution in [-0.4, -0.2) is 23.9 Å². The van der Waals surface area contributed by atoms with E-state index in [0.29, 0.717) is 29.4 Å². The Morgan fingerprint density at radius 3 is 2.42 bits per heavy atom. The number of ketones is 1. The third-order valence-electron chi connectivity index (χ3n) is 6.61. The Morgan fingerprint density at radius 1 is 0.947 bits per heavy atom. The summed E-state index contributed by atoms with van der Waals surface area (Å²) in [5.74, 6) is -0.410. The fraction of sp³-hybridized carbons (Fsp3) is 0.161. The summed E-state index contributed by atoms with van der Waals surface area (Å²) >= 11 is 1.44. The van der Waals surface area contributed by atoms with Gasteiger partial charge in [-0.25, -0.2) is 0 Å². The maximum absolute atomic E-state index is 13.4. The van der Waals surface area contributed by atoms with Crippen LogP contribution in [0.2, 0.25) is 0 Å². The van der Waals surface area contributed by atoms with Gasteiger partial charge in [-0.1, -0.05) is 36.4 Å². The number of nitrogens with zero attached hydrogens (tertiary/aromatic N) is 1. The van der Waals surface area contributed by atoms with Crippen LogP contribution in [0.1, 0.15) is 33.2 Å². The van der Waals surface area contributed by atoms with Crippen LogP contribution in [0.25, 0.3) is 5.76 Å². The van der Waals surface area contributed by atoms with Gasteiger partial charge in [0.2, 0.25) is 0 Å². The molecule has 5 rings (SSSR count). The highest BCUT2D eigenvalue weighted by atomic mass is 32.1. The molecule has 192 valence electrons. The van der Waals surface area contributed by atoms with Crippen molar-refractivity contribution < 1.29 is 24.2 Å². The standard InChI is InChI=1S/C31H27NO5S/c1-19-14-15-38-30(19)27-26(29(34)31(35)32(27)23-10-7-11-24(17-23)36-3)28(33)22-12-13-25(20(2)16-22)37-18-21-8-5-4-6-9-21/h4-17,27,33H,18H2,1-3H3/b28-26-. The molecule has 1 aliphatic rings. The molecule has 1 atom stereocenters. The molecule has 1 saturated heterocycles. The lowest BCUT2D eigenvalue weighted by Gasteiger charge is -2.25. The Bertz CT molecular complexity index is 1540. The molecule has 0 radical (unpaired) electrons. The number of aliphatic hydroxyl groups excluding tert-OH is 1. The van der Waals surface area contributed by atoms with E-state index in [0.717, 1.165) is 21.6 Å². The molecule has 7 heteroatoms. The van der Waals surface area contributed by atoms with E-state index in [-0.39, 0.29) is 11.3 Å². The van der Waals surface area contributed by atoms with E-state index in [1.807, 2.05) is 55.6 Å². The molecule has 1 fully saturated rings. The van der Waals surface area contributed by atoms with E-state index in [1.165, 1.54) is 16.2 Å². The van der Waals surface area contributed by atoms with Gasteiger partial charge >= 0.3 is 0 Å². The van der Waals surface area contributed by atoms with Gasteiger partial charge < -0.3 is 14.6 Å². The van der Waals surface area contributed by atoms with E-state index in [4.69, 9.17) is 9.47 Å². The molecule has 1 amide bonds. The van der Waals surface area contributed by atoms with Crippen molar-refractivity contribution in [1.29, 1.82) is 0 Å². The molecule has 1 unspecified atom stereocenters. The van der Waals surface area contributed by atoms with E-state index in [9.17, 15) is 14.7 Å². The molecule has 0 saturated carbocycles. The monoisotopic (exact) mass is 525 g/mol. The van der Waals surface area contributed by atoms with Gasteiger partial charge in [-0.15, -0.1) is 11.3 Å². The number of carbonyl (C=O) groups is 2. The minimum Gasteiger partial charge on any atom is -0.507 e. The second kappa shape index (κ2) is 10.6. The van der Waals surface area contributed by atoms with Gasteiger partial charge in [-0.05, 0) is 72.3 Å². The topological polar surface area (TPSA) is 76.1 Å². The highest BCUT2D eigenvalue weighted by molar-refractivity contribution is 7.10. The summed E-state index contributed by atoms with van der Waals surface area (Å²) in [5, 5.41) is 13.4. The first-order chi connectivity index (χ1) is 18.4. The van der Waals surface area contributed by atoms with Crippen LogP contribution in [0.3, 0.4) is 0 Å². The number of carbonyl (C=O) groups excluding carboxylic acids is 2.